The lowest BCUT2D eigenvalue weighted by Crippen LogP contribution is -2.39. The summed E-state index contributed by atoms with van der Waals surface area (Å²) in [5.41, 5.74) is 1.12. The highest BCUT2D eigenvalue weighted by Crippen LogP contribution is 2.38. The summed E-state index contributed by atoms with van der Waals surface area (Å²) in [6.45, 7) is 1.21. The molecule has 3 heterocycles. The fourth-order valence-corrected chi connectivity index (χ4v) is 3.42. The van der Waals surface area contributed by atoms with E-state index in [4.69, 9.17) is 9.26 Å². The number of H-pyrrole nitrogens is 1. The van der Waals surface area contributed by atoms with Crippen molar-refractivity contribution >= 4 is 0 Å². The molecule has 9 heteroatoms. The van der Waals surface area contributed by atoms with E-state index < -0.39 is 13.0 Å². The Labute approximate surface area is 154 Å². The number of hydrogen-bond donors (Lipinski definition) is 1. The van der Waals surface area contributed by atoms with Gasteiger partial charge in [0.05, 0.1) is 18.2 Å². The van der Waals surface area contributed by atoms with E-state index in [9.17, 15) is 13.6 Å². The number of halogens is 2. The highest BCUT2D eigenvalue weighted by Gasteiger charge is 2.26. The molecule has 1 saturated heterocycles. The molecule has 1 N–H and O–H groups in total. The lowest BCUT2D eigenvalue weighted by molar-refractivity contribution is -0.0526. The van der Waals surface area contributed by atoms with Gasteiger partial charge in [-0.3, -0.25) is 9.69 Å². The number of hydrogen-bond acceptors (Lipinski definition) is 6. The Hall–Kier alpha value is -2.13. The van der Waals surface area contributed by atoms with Gasteiger partial charge in [-0.15, -0.1) is 0 Å². The van der Waals surface area contributed by atoms with Crippen LogP contribution >= 0.6 is 0 Å². The van der Waals surface area contributed by atoms with Crippen molar-refractivity contribution < 1.29 is 18.0 Å². The quantitative estimate of drug-likeness (QED) is 0.795. The number of likely N-dealkylation sites (tertiary alicyclic amines) is 1. The molecule has 2 aromatic rings. The van der Waals surface area contributed by atoms with E-state index >= 15 is 0 Å². The standard InChI is InChI=1S/C18H22F2N4O3/c19-15(20)10-26-12-2-1-7-24(8-12)9-16-22-17(23-27-16)13-5-6-14(11-3-4-11)21-18(13)25/h5-6,11-12,15H,1-4,7-10H2,(H,21,25). The zero-order valence-electron chi connectivity index (χ0n) is 14.9. The van der Waals surface area contributed by atoms with Crippen LogP contribution in [0.25, 0.3) is 11.4 Å². The summed E-state index contributed by atoms with van der Waals surface area (Å²) in [6, 6.07) is 3.64. The second-order valence-corrected chi connectivity index (χ2v) is 7.17. The molecule has 2 aromatic heterocycles. The van der Waals surface area contributed by atoms with Crippen molar-refractivity contribution in [3.63, 3.8) is 0 Å². The van der Waals surface area contributed by atoms with Crippen molar-refractivity contribution in [2.75, 3.05) is 19.7 Å². The molecule has 1 unspecified atom stereocenters. The van der Waals surface area contributed by atoms with Crippen LogP contribution in [-0.2, 0) is 11.3 Å². The number of pyridine rings is 1. The van der Waals surface area contributed by atoms with Crippen LogP contribution in [0.1, 0.15) is 43.2 Å². The molecule has 0 spiro atoms. The monoisotopic (exact) mass is 380 g/mol. The van der Waals surface area contributed by atoms with Crippen molar-refractivity contribution in [3.05, 3.63) is 34.1 Å². The van der Waals surface area contributed by atoms with E-state index in [1.807, 2.05) is 11.0 Å². The number of aromatic nitrogens is 3. The summed E-state index contributed by atoms with van der Waals surface area (Å²) >= 11 is 0. The number of aromatic amines is 1. The molecule has 2 fully saturated rings. The maximum atomic E-state index is 12.3. The second kappa shape index (κ2) is 7.85. The number of nitrogens with zero attached hydrogens (tertiary/aromatic N) is 3. The predicted octanol–water partition coefficient (Wildman–Crippen LogP) is 2.55. The second-order valence-electron chi connectivity index (χ2n) is 7.17. The van der Waals surface area contributed by atoms with Gasteiger partial charge in [-0.2, -0.15) is 4.98 Å². The number of piperidine rings is 1. The molecule has 1 aliphatic carbocycles. The summed E-state index contributed by atoms with van der Waals surface area (Å²) in [7, 11) is 0. The van der Waals surface area contributed by atoms with Crippen molar-refractivity contribution in [1.29, 1.82) is 0 Å². The molecule has 1 atom stereocenters. The molecule has 7 nitrogen and oxygen atoms in total. The van der Waals surface area contributed by atoms with Crippen molar-refractivity contribution in [3.8, 4) is 11.4 Å². The van der Waals surface area contributed by atoms with E-state index in [-0.39, 0.29) is 17.5 Å². The van der Waals surface area contributed by atoms with Crippen LogP contribution in [0.15, 0.2) is 21.5 Å². The molecule has 0 radical (unpaired) electrons. The molecule has 4 rings (SSSR count). The van der Waals surface area contributed by atoms with Gasteiger partial charge in [0.15, 0.2) is 0 Å². The summed E-state index contributed by atoms with van der Waals surface area (Å²) in [6.07, 6.45) is 1.17. The lowest BCUT2D eigenvalue weighted by Gasteiger charge is -2.31. The summed E-state index contributed by atoms with van der Waals surface area (Å²) < 4.78 is 35.1. The molecule has 2 aliphatic rings. The Bertz CT molecular complexity index is 834. The smallest absolute Gasteiger partial charge is 0.261 e. The molecular weight excluding hydrogens is 358 g/mol. The van der Waals surface area contributed by atoms with Gasteiger partial charge in [-0.05, 0) is 50.3 Å². The third kappa shape index (κ3) is 4.59. The highest BCUT2D eigenvalue weighted by molar-refractivity contribution is 5.52. The number of nitrogens with one attached hydrogen (secondary N) is 1. The minimum absolute atomic E-state index is 0.215. The Kier molecular flexibility index (Phi) is 5.31. The van der Waals surface area contributed by atoms with E-state index in [1.54, 1.807) is 6.07 Å². The van der Waals surface area contributed by atoms with Gasteiger partial charge in [0.1, 0.15) is 6.61 Å². The first-order valence-electron chi connectivity index (χ1n) is 9.27. The van der Waals surface area contributed by atoms with Crippen LogP contribution < -0.4 is 5.56 Å². The van der Waals surface area contributed by atoms with Crippen LogP contribution in [0.4, 0.5) is 8.78 Å². The lowest BCUT2D eigenvalue weighted by atomic mass is 10.1. The zero-order chi connectivity index (χ0) is 18.8. The van der Waals surface area contributed by atoms with Gasteiger partial charge >= 0.3 is 0 Å². The molecule has 0 amide bonds. The first-order chi connectivity index (χ1) is 13.1. The zero-order valence-corrected chi connectivity index (χ0v) is 14.9. The average Bonchev–Trinajstić information content (AvgIpc) is 3.40. The average molecular weight is 380 g/mol. The van der Waals surface area contributed by atoms with Crippen LogP contribution in [-0.4, -0.2) is 52.3 Å². The van der Waals surface area contributed by atoms with Crippen LogP contribution in [0.5, 0.6) is 0 Å². The van der Waals surface area contributed by atoms with Gasteiger partial charge in [0.25, 0.3) is 12.0 Å². The predicted molar refractivity (Wildman–Crippen MR) is 92.6 cm³/mol. The Morgan fingerprint density at radius 3 is 2.93 bits per heavy atom. The number of alkyl halides is 2. The summed E-state index contributed by atoms with van der Waals surface area (Å²) in [4.78, 5) is 21.5. The van der Waals surface area contributed by atoms with Gasteiger partial charge < -0.3 is 14.2 Å². The molecule has 27 heavy (non-hydrogen) atoms. The minimum atomic E-state index is -2.46. The van der Waals surface area contributed by atoms with E-state index in [2.05, 4.69) is 15.1 Å². The molecule has 146 valence electrons. The maximum absolute atomic E-state index is 12.3. The summed E-state index contributed by atoms with van der Waals surface area (Å²) in [5.74, 6) is 1.12. The highest BCUT2D eigenvalue weighted by atomic mass is 19.3. The van der Waals surface area contributed by atoms with Gasteiger partial charge in [-0.1, -0.05) is 5.16 Å². The number of ether oxygens (including phenoxy) is 1. The molecular formula is C18H22F2N4O3. The Morgan fingerprint density at radius 2 is 2.19 bits per heavy atom. The normalized spacial score (nSPS) is 21.1. The molecule has 1 saturated carbocycles. The Morgan fingerprint density at radius 1 is 1.33 bits per heavy atom. The van der Waals surface area contributed by atoms with E-state index in [0.29, 0.717) is 30.5 Å². The molecule has 0 aromatic carbocycles. The summed E-state index contributed by atoms with van der Waals surface area (Å²) in [5, 5.41) is 3.92. The van der Waals surface area contributed by atoms with Crippen molar-refractivity contribution in [1.82, 2.24) is 20.0 Å². The van der Waals surface area contributed by atoms with Gasteiger partial charge in [-0.25, -0.2) is 8.78 Å². The number of rotatable bonds is 7. The first kappa shape index (κ1) is 18.2. The third-order valence-electron chi connectivity index (χ3n) is 4.94. The van der Waals surface area contributed by atoms with Gasteiger partial charge in [0.2, 0.25) is 11.7 Å². The SMILES string of the molecule is O=c1[nH]c(C2CC2)ccc1-c1noc(CN2CCCC(OCC(F)F)C2)n1. The fourth-order valence-electron chi connectivity index (χ4n) is 3.42. The van der Waals surface area contributed by atoms with E-state index in [0.717, 1.165) is 37.9 Å². The van der Waals surface area contributed by atoms with Crippen LogP contribution in [0.3, 0.4) is 0 Å². The van der Waals surface area contributed by atoms with Crippen LogP contribution in [0, 0.1) is 0 Å². The third-order valence-corrected chi connectivity index (χ3v) is 4.94. The fraction of sp³-hybridized carbons (Fsp3) is 0.611. The van der Waals surface area contributed by atoms with Crippen LogP contribution in [0.2, 0.25) is 0 Å². The minimum Gasteiger partial charge on any atom is -0.371 e. The van der Waals surface area contributed by atoms with Crippen molar-refractivity contribution in [2.45, 2.75) is 50.7 Å². The van der Waals surface area contributed by atoms with Crippen molar-refractivity contribution in [2.24, 2.45) is 0 Å². The van der Waals surface area contributed by atoms with Gasteiger partial charge in [0, 0.05) is 12.2 Å². The Balaban J connectivity index is 1.38. The largest absolute Gasteiger partial charge is 0.371 e. The maximum Gasteiger partial charge on any atom is 0.261 e. The molecule has 0 bridgehead atoms. The molecule has 1 aliphatic heterocycles. The van der Waals surface area contributed by atoms with E-state index in [1.165, 1.54) is 0 Å². The first-order valence-corrected chi connectivity index (χ1v) is 9.27. The topological polar surface area (TPSA) is 84.2 Å².